The third kappa shape index (κ3) is 12.5. The summed E-state index contributed by atoms with van der Waals surface area (Å²) in [5, 5.41) is 8.99. The van der Waals surface area contributed by atoms with Gasteiger partial charge >= 0.3 is 0 Å². The van der Waals surface area contributed by atoms with E-state index in [0.717, 1.165) is 85.5 Å². The quantitative estimate of drug-likeness (QED) is 0.134. The van der Waals surface area contributed by atoms with Crippen LogP contribution >= 0.6 is 11.6 Å². The Labute approximate surface area is 248 Å². The smallest absolute Gasteiger partial charge is 0.0737 e. The summed E-state index contributed by atoms with van der Waals surface area (Å²) in [6, 6.07) is 7.90. The third-order valence-corrected chi connectivity index (χ3v) is 6.95. The van der Waals surface area contributed by atoms with Crippen LogP contribution < -0.4 is 10.6 Å². The number of hydrogen-bond donors (Lipinski definition) is 2. The Hall–Kier alpha value is -2.86. The number of benzene rings is 1. The third-order valence-electron chi connectivity index (χ3n) is 6.72. The molecule has 0 fully saturated rings. The van der Waals surface area contributed by atoms with Gasteiger partial charge in [-0.15, -0.1) is 0 Å². The van der Waals surface area contributed by atoms with Crippen LogP contribution in [-0.4, -0.2) is 68.1 Å². The van der Waals surface area contributed by atoms with Crippen molar-refractivity contribution in [2.45, 2.75) is 46.5 Å². The van der Waals surface area contributed by atoms with Crippen molar-refractivity contribution in [2.75, 3.05) is 58.7 Å². The number of hydrogen-bond acceptors (Lipinski definition) is 5. The van der Waals surface area contributed by atoms with Gasteiger partial charge in [-0.25, -0.2) is 0 Å². The molecule has 0 atom stereocenters. The van der Waals surface area contributed by atoms with E-state index in [2.05, 4.69) is 78.7 Å². The van der Waals surface area contributed by atoms with Gasteiger partial charge in [0.05, 0.1) is 5.52 Å². The lowest BCUT2D eigenvalue weighted by Crippen LogP contribution is -2.27. The van der Waals surface area contributed by atoms with Gasteiger partial charge in [0.1, 0.15) is 0 Å². The molecule has 6 heteroatoms. The molecule has 2 rings (SSSR count). The number of nitrogens with zero attached hydrogens (tertiary/aromatic N) is 3. The van der Waals surface area contributed by atoms with E-state index in [4.69, 9.17) is 11.6 Å². The first-order valence-corrected chi connectivity index (χ1v) is 14.8. The van der Waals surface area contributed by atoms with Gasteiger partial charge in [-0.3, -0.25) is 4.98 Å². The first kappa shape index (κ1) is 33.3. The van der Waals surface area contributed by atoms with Crippen molar-refractivity contribution in [3.8, 4) is 0 Å². The molecule has 0 saturated heterocycles. The second-order valence-electron chi connectivity index (χ2n) is 10.8. The molecule has 0 aliphatic carbocycles. The van der Waals surface area contributed by atoms with Gasteiger partial charge in [0.25, 0.3) is 0 Å². The van der Waals surface area contributed by atoms with Gasteiger partial charge in [0.2, 0.25) is 0 Å². The Morgan fingerprint density at radius 1 is 0.900 bits per heavy atom. The number of fused-ring (bicyclic) bond motifs is 1. The van der Waals surface area contributed by atoms with Gasteiger partial charge in [-0.05, 0) is 128 Å². The largest absolute Gasteiger partial charge is 0.385 e. The molecular formula is C34H50ClN5. The van der Waals surface area contributed by atoms with Gasteiger partial charge in [-0.1, -0.05) is 48.6 Å². The molecule has 0 unspecified atom stereocenters. The molecule has 0 amide bonds. The molecular weight excluding hydrogens is 514 g/mol. The maximum atomic E-state index is 6.10. The Morgan fingerprint density at radius 3 is 2.17 bits per heavy atom. The van der Waals surface area contributed by atoms with Crippen LogP contribution in [0.5, 0.6) is 0 Å². The SMILES string of the molecule is C=C/C=C(NCCCN(C)CCCCN(C)CCCNc1ccnc2cc(Cl)ccc12)\C(=C\C=C(C)C)C(=C)C. The molecule has 218 valence electrons. The van der Waals surface area contributed by atoms with Crippen LogP contribution in [0.15, 0.2) is 90.3 Å². The Balaban J connectivity index is 1.60. The zero-order valence-electron chi connectivity index (χ0n) is 25.4. The molecule has 1 heterocycles. The number of pyridine rings is 1. The highest BCUT2D eigenvalue weighted by Crippen LogP contribution is 2.24. The highest BCUT2D eigenvalue weighted by atomic mass is 35.5. The van der Waals surface area contributed by atoms with Gasteiger partial charge in [-0.2, -0.15) is 0 Å². The van der Waals surface area contributed by atoms with Crippen molar-refractivity contribution in [2.24, 2.45) is 0 Å². The minimum absolute atomic E-state index is 0.716. The summed E-state index contributed by atoms with van der Waals surface area (Å²) in [5.74, 6) is 0. The molecule has 0 aliphatic rings. The summed E-state index contributed by atoms with van der Waals surface area (Å²) in [4.78, 5) is 9.29. The second kappa shape index (κ2) is 18.5. The zero-order valence-corrected chi connectivity index (χ0v) is 26.2. The van der Waals surface area contributed by atoms with Crippen molar-refractivity contribution < 1.29 is 0 Å². The predicted molar refractivity (Wildman–Crippen MR) is 177 cm³/mol. The number of nitrogens with one attached hydrogen (secondary N) is 2. The van der Waals surface area contributed by atoms with E-state index >= 15 is 0 Å². The van der Waals surface area contributed by atoms with Crippen molar-refractivity contribution in [3.63, 3.8) is 0 Å². The van der Waals surface area contributed by atoms with Crippen LogP contribution in [0.3, 0.4) is 0 Å². The van der Waals surface area contributed by atoms with E-state index < -0.39 is 0 Å². The minimum atomic E-state index is 0.716. The average molecular weight is 564 g/mol. The van der Waals surface area contributed by atoms with Crippen LogP contribution in [0.4, 0.5) is 5.69 Å². The van der Waals surface area contributed by atoms with E-state index in [0.29, 0.717) is 5.02 Å². The van der Waals surface area contributed by atoms with Gasteiger partial charge in [0, 0.05) is 41.1 Å². The Bertz CT molecular complexity index is 1180. The van der Waals surface area contributed by atoms with Crippen LogP contribution in [0.1, 0.15) is 46.5 Å². The lowest BCUT2D eigenvalue weighted by Gasteiger charge is -2.20. The van der Waals surface area contributed by atoms with Crippen molar-refractivity contribution in [3.05, 3.63) is 95.4 Å². The maximum Gasteiger partial charge on any atom is 0.0737 e. The lowest BCUT2D eigenvalue weighted by molar-refractivity contribution is 0.290. The molecule has 40 heavy (non-hydrogen) atoms. The molecule has 2 aromatic rings. The zero-order chi connectivity index (χ0) is 29.3. The van der Waals surface area contributed by atoms with Crippen molar-refractivity contribution in [1.29, 1.82) is 0 Å². The molecule has 0 saturated carbocycles. The summed E-state index contributed by atoms with van der Waals surface area (Å²) in [7, 11) is 4.44. The fourth-order valence-corrected chi connectivity index (χ4v) is 4.65. The standard InChI is InChI=1S/C34H50ClN5/c1-8-13-32(30(28(4)5)16-14-27(2)3)36-19-11-24-39(6)22-9-10-23-40(7)25-12-20-37-33-18-21-38-34-26-29(35)15-17-31(33)34/h8,13-18,21,26,36H,1,4,9-12,19-20,22-25H2,2-3,5-7H3,(H,37,38)/b30-16+,32-13+. The monoisotopic (exact) mass is 563 g/mol. The second-order valence-corrected chi connectivity index (χ2v) is 11.3. The van der Waals surface area contributed by atoms with Gasteiger partial charge < -0.3 is 20.4 Å². The first-order chi connectivity index (χ1) is 19.2. The molecule has 1 aromatic heterocycles. The molecule has 0 aliphatic heterocycles. The van der Waals surface area contributed by atoms with E-state index in [1.807, 2.05) is 49.5 Å². The van der Waals surface area contributed by atoms with Crippen LogP contribution in [0.2, 0.25) is 5.02 Å². The minimum Gasteiger partial charge on any atom is -0.385 e. The topological polar surface area (TPSA) is 43.4 Å². The summed E-state index contributed by atoms with van der Waals surface area (Å²) in [5.41, 5.74) is 6.57. The van der Waals surface area contributed by atoms with E-state index in [9.17, 15) is 0 Å². The number of allylic oxidation sites excluding steroid dienone is 6. The molecule has 5 nitrogen and oxygen atoms in total. The first-order valence-electron chi connectivity index (χ1n) is 14.4. The van der Waals surface area contributed by atoms with Crippen molar-refractivity contribution in [1.82, 2.24) is 20.1 Å². The number of anilines is 1. The van der Waals surface area contributed by atoms with Gasteiger partial charge in [0.15, 0.2) is 0 Å². The fraction of sp³-hybridized carbons (Fsp3) is 0.441. The summed E-state index contributed by atoms with van der Waals surface area (Å²) in [6.45, 7) is 20.6. The molecule has 2 N–H and O–H groups in total. The summed E-state index contributed by atoms with van der Waals surface area (Å²) >= 11 is 6.10. The lowest BCUT2D eigenvalue weighted by atomic mass is 10.0. The summed E-state index contributed by atoms with van der Waals surface area (Å²) in [6.07, 6.45) is 14.6. The average Bonchev–Trinajstić information content (AvgIpc) is 2.91. The molecule has 0 bridgehead atoms. The van der Waals surface area contributed by atoms with E-state index in [-0.39, 0.29) is 0 Å². The number of unbranched alkanes of at least 4 members (excludes halogenated alkanes) is 1. The normalized spacial score (nSPS) is 12.2. The van der Waals surface area contributed by atoms with Crippen LogP contribution in [0.25, 0.3) is 10.9 Å². The predicted octanol–water partition coefficient (Wildman–Crippen LogP) is 7.85. The molecule has 0 radical (unpaired) electrons. The molecule has 0 spiro atoms. The molecule has 1 aromatic carbocycles. The van der Waals surface area contributed by atoms with Crippen LogP contribution in [-0.2, 0) is 0 Å². The van der Waals surface area contributed by atoms with E-state index in [1.165, 1.54) is 18.4 Å². The van der Waals surface area contributed by atoms with Crippen LogP contribution in [0, 0.1) is 0 Å². The van der Waals surface area contributed by atoms with E-state index in [1.54, 1.807) is 0 Å². The number of rotatable bonds is 19. The highest BCUT2D eigenvalue weighted by Gasteiger charge is 2.06. The fourth-order valence-electron chi connectivity index (χ4n) is 4.48. The van der Waals surface area contributed by atoms with Crippen molar-refractivity contribution >= 4 is 28.2 Å². The number of aromatic nitrogens is 1. The number of halogens is 1. The maximum absolute atomic E-state index is 6.10. The Kier molecular flexibility index (Phi) is 15.4. The summed E-state index contributed by atoms with van der Waals surface area (Å²) < 4.78 is 0. The highest BCUT2D eigenvalue weighted by molar-refractivity contribution is 6.31. The Morgan fingerprint density at radius 2 is 1.55 bits per heavy atom.